The molecule has 5 aromatic rings. The molecule has 0 spiro atoms. The van der Waals surface area contributed by atoms with Crippen LogP contribution in [-0.4, -0.2) is 9.55 Å². The van der Waals surface area contributed by atoms with Gasteiger partial charge in [0.15, 0.2) is 0 Å². The van der Waals surface area contributed by atoms with Crippen LogP contribution in [0.4, 0.5) is 0 Å². The number of hydrogen-bond donors (Lipinski definition) is 0. The summed E-state index contributed by atoms with van der Waals surface area (Å²) in [6, 6.07) is 30.6. The Morgan fingerprint density at radius 1 is 0.793 bits per heavy atom. The first kappa shape index (κ1) is 17.8. The lowest BCUT2D eigenvalue weighted by atomic mass is 10.1. The van der Waals surface area contributed by atoms with E-state index < -0.39 is 0 Å². The van der Waals surface area contributed by atoms with Gasteiger partial charge in [-0.25, -0.2) is 4.98 Å². The van der Waals surface area contributed by atoms with Crippen LogP contribution >= 0.6 is 11.6 Å². The summed E-state index contributed by atoms with van der Waals surface area (Å²) in [5.41, 5.74) is 3.15. The lowest BCUT2D eigenvalue weighted by molar-refractivity contribution is 0.291. The van der Waals surface area contributed by atoms with Crippen molar-refractivity contribution < 1.29 is 4.74 Å². The zero-order valence-electron chi connectivity index (χ0n) is 15.8. The monoisotopic (exact) mass is 398 g/mol. The van der Waals surface area contributed by atoms with Crippen molar-refractivity contribution in [3.63, 3.8) is 0 Å². The number of hydrogen-bond acceptors (Lipinski definition) is 2. The van der Waals surface area contributed by atoms with E-state index in [1.54, 1.807) is 0 Å². The Morgan fingerprint density at radius 2 is 1.59 bits per heavy atom. The fourth-order valence-corrected chi connectivity index (χ4v) is 3.78. The van der Waals surface area contributed by atoms with Gasteiger partial charge in [0.2, 0.25) is 0 Å². The number of imidazole rings is 1. The molecule has 0 amide bonds. The van der Waals surface area contributed by atoms with E-state index in [2.05, 4.69) is 53.1 Å². The average Bonchev–Trinajstić information content (AvgIpc) is 3.09. The normalized spacial score (nSPS) is 11.2. The van der Waals surface area contributed by atoms with Gasteiger partial charge in [-0.15, -0.1) is 0 Å². The highest BCUT2D eigenvalue weighted by Gasteiger charge is 2.12. The van der Waals surface area contributed by atoms with Gasteiger partial charge in [0.05, 0.1) is 11.0 Å². The second kappa shape index (κ2) is 7.61. The van der Waals surface area contributed by atoms with Crippen molar-refractivity contribution in [3.05, 3.63) is 107 Å². The summed E-state index contributed by atoms with van der Waals surface area (Å²) >= 11 is 6.19. The molecule has 4 heteroatoms. The van der Waals surface area contributed by atoms with Crippen molar-refractivity contribution in [1.29, 1.82) is 0 Å². The molecular weight excluding hydrogens is 380 g/mol. The first-order chi connectivity index (χ1) is 14.3. The maximum atomic E-state index is 6.19. The van der Waals surface area contributed by atoms with Crippen LogP contribution in [0, 0.1) is 0 Å². The van der Waals surface area contributed by atoms with Gasteiger partial charge in [0.1, 0.15) is 18.2 Å². The summed E-state index contributed by atoms with van der Waals surface area (Å²) in [4.78, 5) is 4.80. The van der Waals surface area contributed by atoms with E-state index in [4.69, 9.17) is 21.3 Å². The SMILES string of the molecule is Clc1ccc2c(c1)nc(COc1ccc3ccccc3c1)n2Cc1ccccc1. The van der Waals surface area contributed by atoms with Crippen LogP contribution in [0.1, 0.15) is 11.4 Å². The van der Waals surface area contributed by atoms with Crippen LogP contribution in [-0.2, 0) is 13.2 Å². The molecule has 3 nitrogen and oxygen atoms in total. The molecule has 0 unspecified atom stereocenters. The van der Waals surface area contributed by atoms with Gasteiger partial charge < -0.3 is 9.30 Å². The minimum atomic E-state index is 0.386. The molecule has 4 aromatic carbocycles. The summed E-state index contributed by atoms with van der Waals surface area (Å²) in [6.45, 7) is 1.12. The molecule has 0 aliphatic rings. The van der Waals surface area contributed by atoms with E-state index in [1.165, 1.54) is 10.9 Å². The van der Waals surface area contributed by atoms with Crippen LogP contribution in [0.15, 0.2) is 91.0 Å². The highest BCUT2D eigenvalue weighted by molar-refractivity contribution is 6.31. The standard InChI is InChI=1S/C25H19ClN2O/c26-21-11-13-24-23(15-21)27-25(28(24)16-18-6-2-1-3-7-18)17-29-22-12-10-19-8-4-5-9-20(19)14-22/h1-15H,16-17H2. The maximum absolute atomic E-state index is 6.19. The zero-order valence-corrected chi connectivity index (χ0v) is 16.5. The summed E-state index contributed by atoms with van der Waals surface area (Å²) < 4.78 is 8.32. The van der Waals surface area contributed by atoms with Crippen LogP contribution in [0.3, 0.4) is 0 Å². The zero-order chi connectivity index (χ0) is 19.6. The van der Waals surface area contributed by atoms with E-state index in [0.29, 0.717) is 11.6 Å². The highest BCUT2D eigenvalue weighted by Crippen LogP contribution is 2.24. The summed E-state index contributed by atoms with van der Waals surface area (Å²) in [5, 5.41) is 3.05. The van der Waals surface area contributed by atoms with Gasteiger partial charge in [0.25, 0.3) is 0 Å². The molecule has 0 atom stereocenters. The van der Waals surface area contributed by atoms with E-state index in [-0.39, 0.29) is 0 Å². The topological polar surface area (TPSA) is 27.1 Å². The molecule has 29 heavy (non-hydrogen) atoms. The van der Waals surface area contributed by atoms with E-state index in [1.807, 2.05) is 42.5 Å². The van der Waals surface area contributed by atoms with E-state index in [0.717, 1.165) is 34.5 Å². The molecule has 0 N–H and O–H groups in total. The Balaban J connectivity index is 1.48. The predicted octanol–water partition coefficient (Wildman–Crippen LogP) is 6.47. The lowest BCUT2D eigenvalue weighted by Gasteiger charge is -2.11. The molecule has 0 radical (unpaired) electrons. The maximum Gasteiger partial charge on any atom is 0.148 e. The van der Waals surface area contributed by atoms with Crippen molar-refractivity contribution in [2.45, 2.75) is 13.2 Å². The summed E-state index contributed by atoms with van der Waals surface area (Å²) in [5.74, 6) is 1.71. The van der Waals surface area contributed by atoms with E-state index >= 15 is 0 Å². The number of benzene rings is 4. The molecule has 0 bridgehead atoms. The first-order valence-electron chi connectivity index (χ1n) is 9.56. The molecule has 0 saturated heterocycles. The van der Waals surface area contributed by atoms with Crippen LogP contribution in [0.5, 0.6) is 5.75 Å². The second-order valence-electron chi connectivity index (χ2n) is 7.03. The minimum absolute atomic E-state index is 0.386. The van der Waals surface area contributed by atoms with Crippen molar-refractivity contribution in [2.75, 3.05) is 0 Å². The molecule has 0 aliphatic heterocycles. The van der Waals surface area contributed by atoms with Gasteiger partial charge >= 0.3 is 0 Å². The molecular formula is C25H19ClN2O. The number of ether oxygens (including phenoxy) is 1. The quantitative estimate of drug-likeness (QED) is 0.339. The molecule has 0 aliphatic carbocycles. The summed E-state index contributed by atoms with van der Waals surface area (Å²) in [6.07, 6.45) is 0. The number of nitrogens with zero attached hydrogens (tertiary/aromatic N) is 2. The van der Waals surface area contributed by atoms with Gasteiger partial charge in [-0.3, -0.25) is 0 Å². The molecule has 0 fully saturated rings. The fourth-order valence-electron chi connectivity index (χ4n) is 3.61. The Morgan fingerprint density at radius 3 is 2.45 bits per heavy atom. The Kier molecular flexibility index (Phi) is 4.66. The third kappa shape index (κ3) is 3.69. The largest absolute Gasteiger partial charge is 0.486 e. The lowest BCUT2D eigenvalue weighted by Crippen LogP contribution is -2.08. The number of halogens is 1. The Hall–Kier alpha value is -3.30. The molecule has 5 rings (SSSR count). The van der Waals surface area contributed by atoms with Crippen molar-refractivity contribution in [3.8, 4) is 5.75 Å². The fraction of sp³-hybridized carbons (Fsp3) is 0.0800. The second-order valence-corrected chi connectivity index (χ2v) is 7.47. The average molecular weight is 399 g/mol. The van der Waals surface area contributed by atoms with Gasteiger partial charge in [-0.2, -0.15) is 0 Å². The van der Waals surface area contributed by atoms with Crippen LogP contribution < -0.4 is 4.74 Å². The molecule has 1 aromatic heterocycles. The third-order valence-corrected chi connectivity index (χ3v) is 5.30. The molecule has 1 heterocycles. The third-order valence-electron chi connectivity index (χ3n) is 5.06. The number of fused-ring (bicyclic) bond motifs is 2. The minimum Gasteiger partial charge on any atom is -0.486 e. The highest BCUT2D eigenvalue weighted by atomic mass is 35.5. The first-order valence-corrected chi connectivity index (χ1v) is 9.94. The Bertz CT molecular complexity index is 1290. The van der Waals surface area contributed by atoms with Gasteiger partial charge in [-0.05, 0) is 46.7 Å². The van der Waals surface area contributed by atoms with Gasteiger partial charge in [0, 0.05) is 11.6 Å². The molecule has 0 saturated carbocycles. The van der Waals surface area contributed by atoms with Crippen LogP contribution in [0.2, 0.25) is 5.02 Å². The van der Waals surface area contributed by atoms with Crippen LogP contribution in [0.25, 0.3) is 21.8 Å². The predicted molar refractivity (Wildman–Crippen MR) is 119 cm³/mol. The molecule has 142 valence electrons. The van der Waals surface area contributed by atoms with Crippen molar-refractivity contribution in [2.24, 2.45) is 0 Å². The van der Waals surface area contributed by atoms with Gasteiger partial charge in [-0.1, -0.05) is 72.3 Å². The van der Waals surface area contributed by atoms with Crippen molar-refractivity contribution in [1.82, 2.24) is 9.55 Å². The summed E-state index contributed by atoms with van der Waals surface area (Å²) in [7, 11) is 0. The van der Waals surface area contributed by atoms with E-state index in [9.17, 15) is 0 Å². The van der Waals surface area contributed by atoms with Crippen molar-refractivity contribution >= 4 is 33.4 Å². The number of rotatable bonds is 5. The number of aromatic nitrogens is 2. The Labute approximate surface area is 174 Å². The smallest absolute Gasteiger partial charge is 0.148 e.